The number of halogens is 1. The van der Waals surface area contributed by atoms with E-state index in [1.165, 1.54) is 5.56 Å². The zero-order chi connectivity index (χ0) is 27.8. The molecule has 1 unspecified atom stereocenters. The second-order valence-corrected chi connectivity index (χ2v) is 8.98. The van der Waals surface area contributed by atoms with Crippen molar-refractivity contribution in [2.24, 2.45) is 0 Å². The summed E-state index contributed by atoms with van der Waals surface area (Å²) in [7, 11) is 0. The molecule has 0 aliphatic carbocycles. The van der Waals surface area contributed by atoms with Crippen LogP contribution in [0.4, 0.5) is 0 Å². The van der Waals surface area contributed by atoms with E-state index in [-0.39, 0.29) is 18.6 Å². The molecule has 8 heteroatoms. The smallest absolute Gasteiger partial charge is 0.119 e. The van der Waals surface area contributed by atoms with Crippen molar-refractivity contribution >= 4 is 11.6 Å². The van der Waals surface area contributed by atoms with Gasteiger partial charge in [-0.05, 0) is 48.7 Å². The van der Waals surface area contributed by atoms with Crippen LogP contribution in [0.5, 0.6) is 11.5 Å². The Morgan fingerprint density at radius 1 is 0.919 bits per heavy atom. The van der Waals surface area contributed by atoms with E-state index >= 15 is 0 Å². The number of allylic oxidation sites excluding steroid dienone is 1. The fourth-order valence-corrected chi connectivity index (χ4v) is 3.72. The minimum atomic E-state index is -0.700. The first-order valence-electron chi connectivity index (χ1n) is 13.2. The standard InChI is InChI=1S/C25H34ClN3O4.2C2H6/c1-18-24(16-30)27-28-29(18)15-21(31)17-33-23-11-7-20(8-12-23)25(2,3)19-5-9-22(10-6-19)32-14-4-13-26;2*1-2/h5-12,21,27-28,30-31H,4,13-17H2,1-3H3;2*1-2H3. The van der Waals surface area contributed by atoms with Crippen molar-refractivity contribution in [1.82, 2.24) is 16.0 Å². The fourth-order valence-electron chi connectivity index (χ4n) is 3.61. The number of benzene rings is 2. The number of rotatable bonds is 12. The molecule has 1 atom stereocenters. The summed E-state index contributed by atoms with van der Waals surface area (Å²) in [5.41, 5.74) is 9.49. The molecule has 7 nitrogen and oxygen atoms in total. The number of ether oxygens (including phenoxy) is 2. The fraction of sp³-hybridized carbons (Fsp3) is 0.517. The summed E-state index contributed by atoms with van der Waals surface area (Å²) >= 11 is 5.70. The Morgan fingerprint density at radius 3 is 1.89 bits per heavy atom. The van der Waals surface area contributed by atoms with Crippen LogP contribution in [-0.4, -0.2) is 53.6 Å². The summed E-state index contributed by atoms with van der Waals surface area (Å²) in [4.78, 5) is 0. The Labute approximate surface area is 228 Å². The molecule has 0 saturated heterocycles. The first-order chi connectivity index (χ1) is 17.8. The maximum atomic E-state index is 10.3. The van der Waals surface area contributed by atoms with Gasteiger partial charge >= 0.3 is 0 Å². The molecule has 0 spiro atoms. The average Bonchev–Trinajstić information content (AvgIpc) is 3.29. The minimum Gasteiger partial charge on any atom is -0.494 e. The van der Waals surface area contributed by atoms with E-state index in [0.29, 0.717) is 30.5 Å². The molecule has 1 aliphatic rings. The molecule has 2 aromatic carbocycles. The quantitative estimate of drug-likeness (QED) is 0.215. The highest BCUT2D eigenvalue weighted by molar-refractivity contribution is 6.17. The second-order valence-electron chi connectivity index (χ2n) is 8.60. The minimum absolute atomic E-state index is 0.0862. The SMILES string of the molecule is CC.CC.CC1=C(CO)NNN1CC(O)COc1ccc(C(C)(C)c2ccc(OCCCCl)cc2)cc1. The highest BCUT2D eigenvalue weighted by Crippen LogP contribution is 2.33. The Hall–Kier alpha value is -2.45. The van der Waals surface area contributed by atoms with E-state index in [2.05, 4.69) is 49.1 Å². The van der Waals surface area contributed by atoms with E-state index in [9.17, 15) is 10.2 Å². The van der Waals surface area contributed by atoms with Crippen molar-refractivity contribution in [2.45, 2.75) is 66.4 Å². The molecule has 0 fully saturated rings. The predicted molar refractivity (Wildman–Crippen MR) is 153 cm³/mol. The van der Waals surface area contributed by atoms with Crippen molar-refractivity contribution in [2.75, 3.05) is 32.2 Å². The van der Waals surface area contributed by atoms with Gasteiger partial charge in [0.1, 0.15) is 24.2 Å². The Morgan fingerprint density at radius 2 is 1.43 bits per heavy atom. The van der Waals surface area contributed by atoms with Crippen LogP contribution in [0.25, 0.3) is 0 Å². The van der Waals surface area contributed by atoms with Crippen LogP contribution in [0.15, 0.2) is 59.9 Å². The molecule has 1 heterocycles. The number of nitrogens with one attached hydrogen (secondary N) is 2. The van der Waals surface area contributed by atoms with E-state index in [4.69, 9.17) is 21.1 Å². The number of hydrogen-bond acceptors (Lipinski definition) is 7. The van der Waals surface area contributed by atoms with Gasteiger partial charge in [0.25, 0.3) is 0 Å². The molecule has 1 aliphatic heterocycles. The number of aliphatic hydroxyl groups excluding tert-OH is 2. The lowest BCUT2D eigenvalue weighted by atomic mass is 9.78. The molecule has 0 saturated carbocycles. The molecule has 0 bridgehead atoms. The number of β-amino-alcohol motifs (C(OH)–C–C–N with tert-alkyl or cyclic N) is 1. The monoisotopic (exact) mass is 535 g/mol. The Balaban J connectivity index is 0.00000163. The second kappa shape index (κ2) is 17.1. The zero-order valence-corrected chi connectivity index (χ0v) is 24.2. The molecular weight excluding hydrogens is 490 g/mol. The lowest BCUT2D eigenvalue weighted by molar-refractivity contribution is 0.0645. The van der Waals surface area contributed by atoms with E-state index in [1.54, 1.807) is 5.01 Å². The topological polar surface area (TPSA) is 86.2 Å². The highest BCUT2D eigenvalue weighted by atomic mass is 35.5. The van der Waals surface area contributed by atoms with Gasteiger partial charge in [0, 0.05) is 11.3 Å². The molecular formula is C29H46ClN3O4. The lowest BCUT2D eigenvalue weighted by Crippen LogP contribution is -2.43. The summed E-state index contributed by atoms with van der Waals surface area (Å²) < 4.78 is 11.5. The van der Waals surface area contributed by atoms with Crippen molar-refractivity contribution in [3.63, 3.8) is 0 Å². The van der Waals surface area contributed by atoms with Crippen molar-refractivity contribution in [3.05, 3.63) is 71.1 Å². The normalized spacial score (nSPS) is 13.6. The molecule has 0 amide bonds. The van der Waals surface area contributed by atoms with Crippen molar-refractivity contribution in [1.29, 1.82) is 0 Å². The summed E-state index contributed by atoms with van der Waals surface area (Å²) in [6, 6.07) is 16.1. The van der Waals surface area contributed by atoms with Crippen LogP contribution in [0.3, 0.4) is 0 Å². The number of alkyl halides is 1. The molecule has 0 radical (unpaired) electrons. The Bertz CT molecular complexity index is 918. The zero-order valence-electron chi connectivity index (χ0n) is 23.5. The summed E-state index contributed by atoms with van der Waals surface area (Å²) in [6.07, 6.45) is 0.127. The first kappa shape index (κ1) is 32.6. The number of nitrogens with zero attached hydrogens (tertiary/aromatic N) is 1. The molecule has 0 aromatic heterocycles. The highest BCUT2D eigenvalue weighted by Gasteiger charge is 2.24. The first-order valence-corrected chi connectivity index (χ1v) is 13.7. The van der Waals surface area contributed by atoms with Gasteiger partial charge < -0.3 is 25.1 Å². The van der Waals surface area contributed by atoms with Gasteiger partial charge in [-0.2, -0.15) is 0 Å². The van der Waals surface area contributed by atoms with Gasteiger partial charge in [0.05, 0.1) is 31.2 Å². The van der Waals surface area contributed by atoms with Gasteiger partial charge in [-0.15, -0.1) is 17.1 Å². The third-order valence-electron chi connectivity index (χ3n) is 5.88. The van der Waals surface area contributed by atoms with Gasteiger partial charge in [0.15, 0.2) is 0 Å². The van der Waals surface area contributed by atoms with Gasteiger partial charge in [-0.25, -0.2) is 0 Å². The van der Waals surface area contributed by atoms with Crippen LogP contribution < -0.4 is 20.4 Å². The van der Waals surface area contributed by atoms with E-state index in [1.807, 2.05) is 58.9 Å². The lowest BCUT2D eigenvalue weighted by Gasteiger charge is -2.27. The number of hydrogen-bond donors (Lipinski definition) is 4. The van der Waals surface area contributed by atoms with Crippen molar-refractivity contribution in [3.8, 4) is 11.5 Å². The van der Waals surface area contributed by atoms with E-state index in [0.717, 1.165) is 23.4 Å². The van der Waals surface area contributed by atoms with Crippen molar-refractivity contribution < 1.29 is 19.7 Å². The van der Waals surface area contributed by atoms with Crippen LogP contribution >= 0.6 is 11.6 Å². The molecule has 4 N–H and O–H groups in total. The van der Waals surface area contributed by atoms with E-state index < -0.39 is 6.10 Å². The maximum Gasteiger partial charge on any atom is 0.119 e. The van der Waals surface area contributed by atoms with Gasteiger partial charge in [-0.3, -0.25) is 5.01 Å². The van der Waals surface area contributed by atoms with Gasteiger partial charge in [-0.1, -0.05) is 65.8 Å². The average molecular weight is 536 g/mol. The third-order valence-corrected chi connectivity index (χ3v) is 6.14. The predicted octanol–water partition coefficient (Wildman–Crippen LogP) is 5.36. The summed E-state index contributed by atoms with van der Waals surface area (Å²) in [6.45, 7) is 15.3. The maximum absolute atomic E-state index is 10.3. The summed E-state index contributed by atoms with van der Waals surface area (Å²) in [5.74, 6) is 2.15. The van der Waals surface area contributed by atoms with Crippen LogP contribution in [0.2, 0.25) is 0 Å². The molecule has 3 rings (SSSR count). The third kappa shape index (κ3) is 9.74. The largest absolute Gasteiger partial charge is 0.494 e. The van der Waals surface area contributed by atoms with Crippen LogP contribution in [0.1, 0.15) is 66.0 Å². The molecule has 2 aromatic rings. The Kier molecular flexibility index (Phi) is 15.1. The number of aliphatic hydroxyl groups is 2. The van der Waals surface area contributed by atoms with Crippen LogP contribution in [-0.2, 0) is 5.41 Å². The summed E-state index contributed by atoms with van der Waals surface area (Å²) in [5, 5.41) is 21.3. The molecule has 208 valence electrons. The molecule has 37 heavy (non-hydrogen) atoms. The van der Waals surface area contributed by atoms with Gasteiger partial charge in [0.2, 0.25) is 0 Å². The number of hydrazine groups is 2. The van der Waals surface area contributed by atoms with Crippen LogP contribution in [0, 0.1) is 0 Å².